The van der Waals surface area contributed by atoms with E-state index in [0.29, 0.717) is 36.8 Å². The maximum absolute atomic E-state index is 13.1. The van der Waals surface area contributed by atoms with Gasteiger partial charge in [-0.15, -0.1) is 0 Å². The van der Waals surface area contributed by atoms with Gasteiger partial charge in [-0.3, -0.25) is 9.36 Å². The highest BCUT2D eigenvalue weighted by molar-refractivity contribution is 7.71. The van der Waals surface area contributed by atoms with Crippen LogP contribution in [-0.2, 0) is 9.47 Å². The standard InChI is InChI=1S/C17H19N3O3S/c21-15(19-8-4-7-17(12-19)22-9-10-23-17)14-11-18-16(24)20(14)13-5-2-1-3-6-13/h1-3,5-6,11H,4,7-10,12H2,(H,18,24). The first kappa shape index (κ1) is 15.6. The van der Waals surface area contributed by atoms with E-state index in [0.717, 1.165) is 18.5 Å². The average molecular weight is 345 g/mol. The third kappa shape index (κ3) is 2.68. The molecule has 1 spiro atoms. The maximum atomic E-state index is 13.1. The number of likely N-dealkylation sites (tertiary alicyclic amines) is 1. The van der Waals surface area contributed by atoms with Crippen LogP contribution in [0.1, 0.15) is 23.3 Å². The van der Waals surface area contributed by atoms with Gasteiger partial charge in [0.25, 0.3) is 5.91 Å². The van der Waals surface area contributed by atoms with Crippen molar-refractivity contribution in [3.63, 3.8) is 0 Å². The molecule has 0 unspecified atom stereocenters. The Bertz CT molecular complexity index is 793. The molecule has 24 heavy (non-hydrogen) atoms. The molecule has 2 aliphatic heterocycles. The van der Waals surface area contributed by atoms with Gasteiger partial charge in [0.1, 0.15) is 5.69 Å². The third-order valence-electron chi connectivity index (χ3n) is 4.53. The molecule has 0 atom stereocenters. The minimum atomic E-state index is -0.626. The number of ether oxygens (including phenoxy) is 2. The number of piperidine rings is 1. The number of carbonyl (C=O) groups is 1. The molecule has 1 N–H and O–H groups in total. The van der Waals surface area contributed by atoms with Gasteiger partial charge >= 0.3 is 0 Å². The highest BCUT2D eigenvalue weighted by atomic mass is 32.1. The summed E-state index contributed by atoms with van der Waals surface area (Å²) in [6.45, 7) is 2.33. The maximum Gasteiger partial charge on any atom is 0.272 e. The van der Waals surface area contributed by atoms with Crippen LogP contribution < -0.4 is 0 Å². The number of para-hydroxylation sites is 1. The molecular weight excluding hydrogens is 326 g/mol. The van der Waals surface area contributed by atoms with Crippen molar-refractivity contribution >= 4 is 18.1 Å². The number of hydrogen-bond acceptors (Lipinski definition) is 4. The molecule has 0 aliphatic carbocycles. The zero-order chi connectivity index (χ0) is 16.6. The highest BCUT2D eigenvalue weighted by Crippen LogP contribution is 2.31. The molecule has 3 heterocycles. The van der Waals surface area contributed by atoms with E-state index in [-0.39, 0.29) is 5.91 Å². The second-order valence-electron chi connectivity index (χ2n) is 6.09. The minimum absolute atomic E-state index is 0.0654. The van der Waals surface area contributed by atoms with Crippen LogP contribution in [0.15, 0.2) is 36.5 Å². The number of aromatic amines is 1. The number of nitrogens with zero attached hydrogens (tertiary/aromatic N) is 2. The predicted molar refractivity (Wildman–Crippen MR) is 90.7 cm³/mol. The Hall–Kier alpha value is -1.96. The summed E-state index contributed by atoms with van der Waals surface area (Å²) in [5.74, 6) is -0.692. The van der Waals surface area contributed by atoms with E-state index in [1.165, 1.54) is 0 Å². The quantitative estimate of drug-likeness (QED) is 0.850. The molecule has 4 rings (SSSR count). The summed E-state index contributed by atoms with van der Waals surface area (Å²) in [4.78, 5) is 17.9. The van der Waals surface area contributed by atoms with Crippen molar-refractivity contribution in [2.75, 3.05) is 26.3 Å². The summed E-state index contributed by atoms with van der Waals surface area (Å²) in [5, 5.41) is 0. The Morgan fingerprint density at radius 3 is 2.71 bits per heavy atom. The molecule has 1 aromatic carbocycles. The van der Waals surface area contributed by atoms with Gasteiger partial charge in [-0.05, 0) is 30.8 Å². The van der Waals surface area contributed by atoms with Gasteiger partial charge in [0.05, 0.1) is 19.8 Å². The number of amides is 1. The van der Waals surface area contributed by atoms with Crippen molar-refractivity contribution in [1.29, 1.82) is 0 Å². The number of hydrogen-bond donors (Lipinski definition) is 1. The van der Waals surface area contributed by atoms with E-state index < -0.39 is 5.79 Å². The van der Waals surface area contributed by atoms with Crippen LogP contribution in [0.3, 0.4) is 0 Å². The molecule has 126 valence electrons. The topological polar surface area (TPSA) is 59.5 Å². The lowest BCUT2D eigenvalue weighted by Crippen LogP contribution is -2.51. The van der Waals surface area contributed by atoms with Crippen LogP contribution >= 0.6 is 12.2 Å². The largest absolute Gasteiger partial charge is 0.346 e. The first-order chi connectivity index (χ1) is 11.7. The first-order valence-corrected chi connectivity index (χ1v) is 8.52. The smallest absolute Gasteiger partial charge is 0.272 e. The molecular formula is C17H19N3O3S. The molecule has 2 aromatic rings. The van der Waals surface area contributed by atoms with Gasteiger partial charge in [0.15, 0.2) is 10.6 Å². The van der Waals surface area contributed by atoms with Gasteiger partial charge in [0.2, 0.25) is 0 Å². The molecule has 0 saturated carbocycles. The Morgan fingerprint density at radius 1 is 1.21 bits per heavy atom. The van der Waals surface area contributed by atoms with Crippen molar-refractivity contribution in [1.82, 2.24) is 14.5 Å². The minimum Gasteiger partial charge on any atom is -0.346 e. The molecule has 0 bridgehead atoms. The lowest BCUT2D eigenvalue weighted by Gasteiger charge is -2.38. The summed E-state index contributed by atoms with van der Waals surface area (Å²) in [6.07, 6.45) is 3.37. The summed E-state index contributed by atoms with van der Waals surface area (Å²) >= 11 is 5.36. The van der Waals surface area contributed by atoms with Gasteiger partial charge < -0.3 is 19.4 Å². The molecule has 6 nitrogen and oxygen atoms in total. The second-order valence-corrected chi connectivity index (χ2v) is 6.47. The highest BCUT2D eigenvalue weighted by Gasteiger charge is 2.42. The lowest BCUT2D eigenvalue weighted by atomic mass is 10.0. The number of nitrogens with one attached hydrogen (secondary N) is 1. The summed E-state index contributed by atoms with van der Waals surface area (Å²) in [7, 11) is 0. The van der Waals surface area contributed by atoms with Crippen LogP contribution in [0.5, 0.6) is 0 Å². The van der Waals surface area contributed by atoms with Crippen molar-refractivity contribution in [3.8, 4) is 5.69 Å². The lowest BCUT2D eigenvalue weighted by molar-refractivity contribution is -0.183. The normalized spacial score (nSPS) is 19.8. The SMILES string of the molecule is O=C(c1c[nH]c(=S)n1-c1ccccc1)N1CCCC2(C1)OCCO2. The number of imidazole rings is 1. The van der Waals surface area contributed by atoms with Gasteiger partial charge in [0, 0.05) is 24.8 Å². The number of aromatic nitrogens is 2. The van der Waals surface area contributed by atoms with Crippen molar-refractivity contribution in [2.24, 2.45) is 0 Å². The van der Waals surface area contributed by atoms with E-state index in [4.69, 9.17) is 21.7 Å². The summed E-state index contributed by atoms with van der Waals surface area (Å²) < 4.78 is 13.8. The fraction of sp³-hybridized carbons (Fsp3) is 0.412. The number of rotatable bonds is 2. The Balaban J connectivity index is 1.65. The Morgan fingerprint density at radius 2 is 1.96 bits per heavy atom. The fourth-order valence-electron chi connectivity index (χ4n) is 3.42. The molecule has 1 aromatic heterocycles. The zero-order valence-electron chi connectivity index (χ0n) is 13.2. The fourth-order valence-corrected chi connectivity index (χ4v) is 3.68. The van der Waals surface area contributed by atoms with E-state index in [1.807, 2.05) is 30.3 Å². The van der Waals surface area contributed by atoms with Gasteiger partial charge in [-0.1, -0.05) is 18.2 Å². The number of benzene rings is 1. The number of H-pyrrole nitrogens is 1. The van der Waals surface area contributed by atoms with Crippen LogP contribution in [0.25, 0.3) is 5.69 Å². The van der Waals surface area contributed by atoms with Crippen LogP contribution in [-0.4, -0.2) is 52.4 Å². The molecule has 2 saturated heterocycles. The summed E-state index contributed by atoms with van der Waals surface area (Å²) in [5.41, 5.74) is 1.40. The second kappa shape index (κ2) is 6.16. The van der Waals surface area contributed by atoms with Crippen LogP contribution in [0, 0.1) is 4.77 Å². The zero-order valence-corrected chi connectivity index (χ0v) is 14.1. The molecule has 0 radical (unpaired) electrons. The predicted octanol–water partition coefficient (Wildman–Crippen LogP) is 2.51. The van der Waals surface area contributed by atoms with Crippen LogP contribution in [0.4, 0.5) is 0 Å². The average Bonchev–Trinajstić information content (AvgIpc) is 3.22. The Kier molecular flexibility index (Phi) is 3.99. The van der Waals surface area contributed by atoms with Crippen molar-refractivity contribution in [2.45, 2.75) is 18.6 Å². The van der Waals surface area contributed by atoms with Gasteiger partial charge in [-0.2, -0.15) is 0 Å². The first-order valence-electron chi connectivity index (χ1n) is 8.12. The molecule has 7 heteroatoms. The van der Waals surface area contributed by atoms with Crippen LogP contribution in [0.2, 0.25) is 0 Å². The van der Waals surface area contributed by atoms with Crippen molar-refractivity contribution < 1.29 is 14.3 Å². The van der Waals surface area contributed by atoms with Crippen molar-refractivity contribution in [3.05, 3.63) is 47.0 Å². The Labute approximate surface area is 145 Å². The molecule has 2 fully saturated rings. The van der Waals surface area contributed by atoms with E-state index >= 15 is 0 Å². The monoisotopic (exact) mass is 345 g/mol. The molecule has 1 amide bonds. The van der Waals surface area contributed by atoms with E-state index in [1.54, 1.807) is 15.7 Å². The summed E-state index contributed by atoms with van der Waals surface area (Å²) in [6, 6.07) is 9.65. The molecule has 2 aliphatic rings. The van der Waals surface area contributed by atoms with Gasteiger partial charge in [-0.25, -0.2) is 0 Å². The van der Waals surface area contributed by atoms with E-state index in [2.05, 4.69) is 4.98 Å². The van der Waals surface area contributed by atoms with E-state index in [9.17, 15) is 4.79 Å². The number of carbonyl (C=O) groups excluding carboxylic acids is 1. The third-order valence-corrected chi connectivity index (χ3v) is 4.83.